The number of thioether (sulfide) groups is 1. The zero-order valence-electron chi connectivity index (χ0n) is 24.9. The first kappa shape index (κ1) is 32.5. The molecular weight excluding hydrogens is 592 g/mol. The van der Waals surface area contributed by atoms with Gasteiger partial charge >= 0.3 is 17.9 Å². The van der Waals surface area contributed by atoms with Gasteiger partial charge in [-0.25, -0.2) is 0 Å². The van der Waals surface area contributed by atoms with E-state index in [1.807, 2.05) is 61.5 Å². The van der Waals surface area contributed by atoms with Crippen LogP contribution in [0.15, 0.2) is 59.8 Å². The van der Waals surface area contributed by atoms with E-state index in [9.17, 15) is 19.2 Å². The van der Waals surface area contributed by atoms with Gasteiger partial charge in [0, 0.05) is 33.4 Å². The van der Waals surface area contributed by atoms with Crippen LogP contribution in [0.5, 0.6) is 5.75 Å². The summed E-state index contributed by atoms with van der Waals surface area (Å²) >= 11 is 1.10. The van der Waals surface area contributed by atoms with Crippen LogP contribution in [-0.2, 0) is 44.7 Å². The molecule has 0 saturated carbocycles. The van der Waals surface area contributed by atoms with E-state index in [1.54, 1.807) is 4.57 Å². The predicted octanol–water partition coefficient (Wildman–Crippen LogP) is 2.90. The number of amides is 1. The Morgan fingerprint density at radius 3 is 2.18 bits per heavy atom. The molecule has 0 aliphatic carbocycles. The van der Waals surface area contributed by atoms with Crippen molar-refractivity contribution in [2.24, 2.45) is 0 Å². The quantitative estimate of drug-likeness (QED) is 0.246. The van der Waals surface area contributed by atoms with Crippen molar-refractivity contribution < 1.29 is 42.9 Å². The van der Waals surface area contributed by atoms with Crippen LogP contribution < -0.4 is 10.1 Å². The normalized spacial score (nSPS) is 21.2. The average Bonchev–Trinajstić information content (AvgIpc) is 3.36. The predicted molar refractivity (Wildman–Crippen MR) is 157 cm³/mol. The lowest BCUT2D eigenvalue weighted by Crippen LogP contribution is -2.65. The van der Waals surface area contributed by atoms with Crippen LogP contribution in [0.4, 0.5) is 0 Å². The number of carbonyl (C=O) groups is 4. The van der Waals surface area contributed by atoms with Crippen LogP contribution in [0.3, 0.4) is 0 Å². The summed E-state index contributed by atoms with van der Waals surface area (Å²) in [5, 5.41) is 11.9. The molecule has 5 atom stereocenters. The minimum absolute atomic E-state index is 0.0909. The van der Waals surface area contributed by atoms with Gasteiger partial charge in [0.15, 0.2) is 23.2 Å². The lowest BCUT2D eigenvalue weighted by Gasteiger charge is -2.44. The van der Waals surface area contributed by atoms with Gasteiger partial charge in [-0.2, -0.15) is 0 Å². The molecule has 44 heavy (non-hydrogen) atoms. The van der Waals surface area contributed by atoms with Gasteiger partial charge in [-0.05, 0) is 30.7 Å². The number of benzene rings is 2. The van der Waals surface area contributed by atoms with Crippen LogP contribution in [0.2, 0.25) is 0 Å². The SMILES string of the molecule is CC(=O)N[C@@H]1[C@@H](OC(C)=O)[C@H](OC(C)=O)[C@@H](COC(C)=O)O[C@H]1Sc1nnc(COc2ccccc2C)n1-c1ccccc1. The molecule has 1 fully saturated rings. The summed E-state index contributed by atoms with van der Waals surface area (Å²) in [5.41, 5.74) is 0.729. The Morgan fingerprint density at radius 1 is 0.886 bits per heavy atom. The van der Waals surface area contributed by atoms with Crippen molar-refractivity contribution in [3.63, 3.8) is 0 Å². The summed E-state index contributed by atoms with van der Waals surface area (Å²) in [6, 6.07) is 15.9. The molecule has 1 saturated heterocycles. The third-order valence-electron chi connectivity index (χ3n) is 6.46. The largest absolute Gasteiger partial charge is 0.485 e. The van der Waals surface area contributed by atoms with Crippen LogP contribution in [0.1, 0.15) is 39.1 Å². The fourth-order valence-electron chi connectivity index (χ4n) is 4.66. The number of aryl methyl sites for hydroxylation is 1. The minimum Gasteiger partial charge on any atom is -0.485 e. The highest BCUT2D eigenvalue weighted by molar-refractivity contribution is 7.99. The Morgan fingerprint density at radius 2 is 1.55 bits per heavy atom. The van der Waals surface area contributed by atoms with Gasteiger partial charge in [-0.1, -0.05) is 48.2 Å². The second-order valence-electron chi connectivity index (χ2n) is 9.96. The van der Waals surface area contributed by atoms with E-state index in [0.717, 1.165) is 23.0 Å². The molecule has 3 aromatic rings. The van der Waals surface area contributed by atoms with E-state index >= 15 is 0 Å². The standard InChI is InChI=1S/C30H34N4O9S/c1-17-11-9-10-14-23(17)40-16-25-32-33-30(34(25)22-12-7-6-8-13-22)44-29-26(31-18(2)35)28(42-21(5)38)27(41-20(4)37)24(43-29)15-39-19(3)36/h6-14,24,26-29H,15-16H2,1-5H3,(H,31,35)/t24-,26-,27-,28-,29+/m1/s1. The first-order valence-electron chi connectivity index (χ1n) is 13.8. The average molecular weight is 627 g/mol. The summed E-state index contributed by atoms with van der Waals surface area (Å²) in [6.07, 6.45) is -3.44. The smallest absolute Gasteiger partial charge is 0.303 e. The van der Waals surface area contributed by atoms with Gasteiger partial charge in [-0.15, -0.1) is 10.2 Å². The van der Waals surface area contributed by atoms with Gasteiger partial charge in [0.05, 0.1) is 0 Å². The highest BCUT2D eigenvalue weighted by atomic mass is 32.2. The topological polar surface area (TPSA) is 157 Å². The number of carbonyl (C=O) groups excluding carboxylic acids is 4. The summed E-state index contributed by atoms with van der Waals surface area (Å²) < 4.78 is 30.5. The molecular formula is C30H34N4O9S. The molecule has 234 valence electrons. The van der Waals surface area contributed by atoms with Crippen molar-refractivity contribution in [3.05, 3.63) is 66.0 Å². The van der Waals surface area contributed by atoms with Crippen molar-refractivity contribution in [1.29, 1.82) is 0 Å². The van der Waals surface area contributed by atoms with E-state index in [-0.39, 0.29) is 13.2 Å². The maximum atomic E-state index is 12.4. The molecule has 1 aliphatic heterocycles. The fourth-order valence-corrected chi connectivity index (χ4v) is 5.84. The Kier molecular flexibility index (Phi) is 11.0. The summed E-state index contributed by atoms with van der Waals surface area (Å²) in [7, 11) is 0. The molecule has 0 bridgehead atoms. The van der Waals surface area contributed by atoms with Crippen LogP contribution in [0, 0.1) is 6.92 Å². The van der Waals surface area contributed by atoms with Crippen LogP contribution in [0.25, 0.3) is 5.69 Å². The fraction of sp³-hybridized carbons (Fsp3) is 0.400. The van der Waals surface area contributed by atoms with Crippen LogP contribution >= 0.6 is 11.8 Å². The lowest BCUT2D eigenvalue weighted by molar-refractivity contribution is -0.211. The number of rotatable bonds is 11. The van der Waals surface area contributed by atoms with Crippen molar-refractivity contribution in [3.8, 4) is 11.4 Å². The molecule has 13 nitrogen and oxygen atoms in total. The number of aromatic nitrogens is 3. The van der Waals surface area contributed by atoms with Gasteiger partial charge < -0.3 is 29.0 Å². The lowest BCUT2D eigenvalue weighted by atomic mass is 9.97. The molecule has 2 heterocycles. The third-order valence-corrected chi connectivity index (χ3v) is 7.57. The molecule has 0 radical (unpaired) electrons. The molecule has 1 amide bonds. The molecule has 4 rings (SSSR count). The second kappa shape index (κ2) is 14.8. The molecule has 1 aromatic heterocycles. The molecule has 1 N–H and O–H groups in total. The molecule has 0 unspecified atom stereocenters. The third kappa shape index (κ3) is 8.35. The van der Waals surface area contributed by atoms with Crippen molar-refractivity contribution in [2.45, 2.75) is 76.2 Å². The van der Waals surface area contributed by atoms with Gasteiger partial charge in [-0.3, -0.25) is 23.7 Å². The van der Waals surface area contributed by atoms with Gasteiger partial charge in [0.1, 0.15) is 36.5 Å². The van der Waals surface area contributed by atoms with E-state index in [1.165, 1.54) is 27.7 Å². The first-order chi connectivity index (χ1) is 21.0. The first-order valence-corrected chi connectivity index (χ1v) is 14.7. The number of nitrogens with zero attached hydrogens (tertiary/aromatic N) is 3. The number of ether oxygens (including phenoxy) is 5. The Labute approximate surface area is 258 Å². The Balaban J connectivity index is 1.73. The number of hydrogen-bond donors (Lipinski definition) is 1. The van der Waals surface area contributed by atoms with E-state index in [0.29, 0.717) is 16.7 Å². The summed E-state index contributed by atoms with van der Waals surface area (Å²) in [6.45, 7) is 6.62. The number of para-hydroxylation sites is 2. The van der Waals surface area contributed by atoms with Crippen molar-refractivity contribution in [2.75, 3.05) is 6.61 Å². The maximum absolute atomic E-state index is 12.4. The highest BCUT2D eigenvalue weighted by Gasteiger charge is 2.51. The number of esters is 3. The second-order valence-corrected chi connectivity index (χ2v) is 11.0. The Bertz CT molecular complexity index is 1480. The van der Waals surface area contributed by atoms with E-state index in [4.69, 9.17) is 23.7 Å². The molecule has 0 spiro atoms. The Hall–Kier alpha value is -4.43. The zero-order valence-corrected chi connectivity index (χ0v) is 25.7. The zero-order chi connectivity index (χ0) is 31.8. The van der Waals surface area contributed by atoms with Gasteiger partial charge in [0.2, 0.25) is 5.91 Å². The molecule has 1 aliphatic rings. The molecule has 14 heteroatoms. The molecule has 2 aromatic carbocycles. The monoisotopic (exact) mass is 626 g/mol. The van der Waals surface area contributed by atoms with Crippen molar-refractivity contribution >= 4 is 35.6 Å². The van der Waals surface area contributed by atoms with Crippen LogP contribution in [-0.4, -0.2) is 75.0 Å². The number of hydrogen-bond acceptors (Lipinski definition) is 12. The van der Waals surface area contributed by atoms with E-state index < -0.39 is 53.6 Å². The maximum Gasteiger partial charge on any atom is 0.303 e. The minimum atomic E-state index is -1.20. The van der Waals surface area contributed by atoms with Gasteiger partial charge in [0.25, 0.3) is 0 Å². The van der Waals surface area contributed by atoms with Crippen molar-refractivity contribution in [1.82, 2.24) is 20.1 Å². The highest BCUT2D eigenvalue weighted by Crippen LogP contribution is 2.36. The summed E-state index contributed by atoms with van der Waals surface area (Å²) in [5.74, 6) is -1.21. The van der Waals surface area contributed by atoms with E-state index in [2.05, 4.69) is 15.5 Å². The number of nitrogens with one attached hydrogen (secondary N) is 1. The summed E-state index contributed by atoms with van der Waals surface area (Å²) in [4.78, 5) is 48.3.